The molecule has 1 aromatic carbocycles. The molecule has 0 unspecified atom stereocenters. The first kappa shape index (κ1) is 23.7. The van der Waals surface area contributed by atoms with E-state index in [2.05, 4.69) is 4.57 Å². The normalized spacial score (nSPS) is 15.9. The van der Waals surface area contributed by atoms with E-state index < -0.39 is 10.0 Å². The average Bonchev–Trinajstić information content (AvgIpc) is 3.09. The molecule has 31 heavy (non-hydrogen) atoms. The van der Waals surface area contributed by atoms with Crippen molar-refractivity contribution in [3.8, 4) is 0 Å². The molecule has 1 aliphatic heterocycles. The number of hydrogen-bond acceptors (Lipinski definition) is 4. The van der Waals surface area contributed by atoms with Gasteiger partial charge in [0.1, 0.15) is 5.82 Å². The Bertz CT molecular complexity index is 988. The molecule has 0 saturated carbocycles. The van der Waals surface area contributed by atoms with Crippen LogP contribution in [0.15, 0.2) is 23.1 Å². The molecule has 1 fully saturated rings. The van der Waals surface area contributed by atoms with Crippen molar-refractivity contribution in [2.75, 3.05) is 26.2 Å². The van der Waals surface area contributed by atoms with E-state index in [1.807, 2.05) is 31.7 Å². The van der Waals surface area contributed by atoms with Gasteiger partial charge in [-0.3, -0.25) is 4.79 Å². The molecule has 7 nitrogen and oxygen atoms in total. The van der Waals surface area contributed by atoms with E-state index in [1.54, 1.807) is 12.1 Å². The van der Waals surface area contributed by atoms with Crippen molar-refractivity contribution in [1.82, 2.24) is 18.8 Å². The van der Waals surface area contributed by atoms with Gasteiger partial charge in [-0.25, -0.2) is 13.4 Å². The van der Waals surface area contributed by atoms with Crippen LogP contribution in [0.25, 0.3) is 11.0 Å². The third kappa shape index (κ3) is 5.29. The van der Waals surface area contributed by atoms with Gasteiger partial charge in [0.25, 0.3) is 0 Å². The first-order valence-corrected chi connectivity index (χ1v) is 13.1. The maximum absolute atomic E-state index is 12.9. The highest BCUT2D eigenvalue weighted by molar-refractivity contribution is 7.89. The second-order valence-corrected chi connectivity index (χ2v) is 10.1. The largest absolute Gasteiger partial charge is 0.343 e. The van der Waals surface area contributed by atoms with Crippen molar-refractivity contribution in [2.24, 2.45) is 0 Å². The summed E-state index contributed by atoms with van der Waals surface area (Å²) in [6.07, 6.45) is 6.85. The number of amides is 1. The Morgan fingerprint density at radius 3 is 2.29 bits per heavy atom. The number of likely N-dealkylation sites (tertiary alicyclic amines) is 1. The minimum absolute atomic E-state index is 0.196. The van der Waals surface area contributed by atoms with E-state index >= 15 is 0 Å². The lowest BCUT2D eigenvalue weighted by Gasteiger charge is -2.24. The predicted molar refractivity (Wildman–Crippen MR) is 123 cm³/mol. The van der Waals surface area contributed by atoms with Gasteiger partial charge in [0.05, 0.1) is 15.9 Å². The third-order valence-corrected chi connectivity index (χ3v) is 8.28. The molecular formula is C23H36N4O3S. The number of carbonyl (C=O) groups excluding carboxylic acids is 1. The number of imidazole rings is 1. The second-order valence-electron chi connectivity index (χ2n) is 8.16. The summed E-state index contributed by atoms with van der Waals surface area (Å²) in [6, 6.07) is 5.17. The van der Waals surface area contributed by atoms with Gasteiger partial charge >= 0.3 is 0 Å². The quantitative estimate of drug-likeness (QED) is 0.615. The Hall–Kier alpha value is -1.93. The summed E-state index contributed by atoms with van der Waals surface area (Å²) in [4.78, 5) is 19.8. The molecule has 3 rings (SSSR count). The van der Waals surface area contributed by atoms with Crippen LogP contribution in [0.2, 0.25) is 0 Å². The highest BCUT2D eigenvalue weighted by atomic mass is 32.2. The summed E-state index contributed by atoms with van der Waals surface area (Å²) in [5.74, 6) is 1.04. The number of fused-ring (bicyclic) bond motifs is 1. The Kier molecular flexibility index (Phi) is 8.11. The standard InChI is InChI=1S/C23H36N4O3S/c1-4-26(5-2)31(29,30)19-12-13-21-20(18-19)24-22(27(21)6-3)14-15-23(28)25-16-10-8-7-9-11-17-25/h12-13,18H,4-11,14-17H2,1-3H3. The molecule has 0 spiro atoms. The fourth-order valence-electron chi connectivity index (χ4n) is 4.45. The monoisotopic (exact) mass is 448 g/mol. The van der Waals surface area contributed by atoms with Crippen LogP contribution in [0.5, 0.6) is 0 Å². The topological polar surface area (TPSA) is 75.5 Å². The number of hydrogen-bond donors (Lipinski definition) is 0. The average molecular weight is 449 g/mol. The van der Waals surface area contributed by atoms with E-state index in [1.165, 1.54) is 23.6 Å². The highest BCUT2D eigenvalue weighted by Crippen LogP contribution is 2.24. The molecule has 0 N–H and O–H groups in total. The van der Waals surface area contributed by atoms with Gasteiger partial charge in [-0.1, -0.05) is 33.1 Å². The van der Waals surface area contributed by atoms with Gasteiger partial charge in [0.2, 0.25) is 15.9 Å². The van der Waals surface area contributed by atoms with Crippen LogP contribution < -0.4 is 0 Å². The molecule has 1 saturated heterocycles. The van der Waals surface area contributed by atoms with Crippen LogP contribution >= 0.6 is 0 Å². The highest BCUT2D eigenvalue weighted by Gasteiger charge is 2.23. The Morgan fingerprint density at radius 2 is 1.68 bits per heavy atom. The van der Waals surface area contributed by atoms with Crippen LogP contribution in [0, 0.1) is 0 Å². The van der Waals surface area contributed by atoms with Crippen LogP contribution in [-0.2, 0) is 27.8 Å². The van der Waals surface area contributed by atoms with E-state index in [0.29, 0.717) is 31.4 Å². The number of aromatic nitrogens is 2. The summed E-state index contributed by atoms with van der Waals surface area (Å²) in [5, 5.41) is 0. The third-order valence-electron chi connectivity index (χ3n) is 6.23. The van der Waals surface area contributed by atoms with Gasteiger partial charge in [0.15, 0.2) is 0 Å². The van der Waals surface area contributed by atoms with Gasteiger partial charge < -0.3 is 9.47 Å². The lowest BCUT2D eigenvalue weighted by molar-refractivity contribution is -0.131. The first-order chi connectivity index (χ1) is 14.9. The molecule has 0 atom stereocenters. The number of aryl methyl sites for hydroxylation is 2. The van der Waals surface area contributed by atoms with E-state index in [0.717, 1.165) is 43.8 Å². The van der Waals surface area contributed by atoms with Crippen LogP contribution in [0.4, 0.5) is 0 Å². The molecular weight excluding hydrogens is 412 g/mol. The molecule has 172 valence electrons. The molecule has 0 aliphatic carbocycles. The molecule has 1 amide bonds. The second kappa shape index (κ2) is 10.6. The lowest BCUT2D eigenvalue weighted by Crippen LogP contribution is -2.34. The summed E-state index contributed by atoms with van der Waals surface area (Å²) in [7, 11) is -3.53. The number of nitrogens with zero attached hydrogens (tertiary/aromatic N) is 4. The molecule has 2 heterocycles. The van der Waals surface area contributed by atoms with E-state index in [4.69, 9.17) is 4.98 Å². The number of rotatable bonds is 8. The zero-order valence-corrected chi connectivity index (χ0v) is 20.0. The maximum Gasteiger partial charge on any atom is 0.243 e. The minimum Gasteiger partial charge on any atom is -0.343 e. The SMILES string of the molecule is CCN(CC)S(=O)(=O)c1ccc2c(c1)nc(CCC(=O)N1CCCCCCC1)n2CC. The molecule has 0 bridgehead atoms. The van der Waals surface area contributed by atoms with E-state index in [-0.39, 0.29) is 10.8 Å². The summed E-state index contributed by atoms with van der Waals surface area (Å²) >= 11 is 0. The van der Waals surface area contributed by atoms with Crippen molar-refractivity contribution in [3.63, 3.8) is 0 Å². The van der Waals surface area contributed by atoms with Crippen molar-refractivity contribution < 1.29 is 13.2 Å². The number of benzene rings is 1. The smallest absolute Gasteiger partial charge is 0.243 e. The predicted octanol–water partition coefficient (Wildman–Crippen LogP) is 3.81. The van der Waals surface area contributed by atoms with E-state index in [9.17, 15) is 13.2 Å². The molecule has 8 heteroatoms. The summed E-state index contributed by atoms with van der Waals surface area (Å²) in [6.45, 7) is 9.04. The van der Waals surface area contributed by atoms with Crippen molar-refractivity contribution >= 4 is 27.0 Å². The van der Waals surface area contributed by atoms with Gasteiger partial charge in [-0.15, -0.1) is 0 Å². The van der Waals surface area contributed by atoms with Gasteiger partial charge in [-0.05, 0) is 38.0 Å². The molecule has 1 aromatic heterocycles. The fourth-order valence-corrected chi connectivity index (χ4v) is 5.93. The van der Waals surface area contributed by atoms with Gasteiger partial charge in [0, 0.05) is 45.6 Å². The first-order valence-electron chi connectivity index (χ1n) is 11.7. The van der Waals surface area contributed by atoms with Crippen LogP contribution in [-0.4, -0.2) is 59.3 Å². The minimum atomic E-state index is -3.53. The Labute approximate surface area is 186 Å². The van der Waals surface area contributed by atoms with Crippen LogP contribution in [0.1, 0.15) is 65.1 Å². The van der Waals surface area contributed by atoms with Gasteiger partial charge in [-0.2, -0.15) is 4.31 Å². The van der Waals surface area contributed by atoms with Crippen molar-refractivity contribution in [1.29, 1.82) is 0 Å². The van der Waals surface area contributed by atoms with Crippen molar-refractivity contribution in [2.45, 2.75) is 77.2 Å². The summed E-state index contributed by atoms with van der Waals surface area (Å²) < 4.78 is 29.3. The van der Waals surface area contributed by atoms with Crippen LogP contribution in [0.3, 0.4) is 0 Å². The maximum atomic E-state index is 12.9. The molecule has 0 radical (unpaired) electrons. The lowest BCUT2D eigenvalue weighted by atomic mass is 10.1. The zero-order valence-electron chi connectivity index (χ0n) is 19.1. The Balaban J connectivity index is 1.80. The summed E-state index contributed by atoms with van der Waals surface area (Å²) in [5.41, 5.74) is 1.58. The fraction of sp³-hybridized carbons (Fsp3) is 0.652. The Morgan fingerprint density at radius 1 is 1.03 bits per heavy atom. The molecule has 2 aromatic rings. The zero-order chi connectivity index (χ0) is 22.4. The molecule has 1 aliphatic rings. The number of sulfonamides is 1. The van der Waals surface area contributed by atoms with Crippen molar-refractivity contribution in [3.05, 3.63) is 24.0 Å². The number of carbonyl (C=O) groups is 1.